The number of nitrogens with zero attached hydrogens (tertiary/aromatic N) is 4. The lowest BCUT2D eigenvalue weighted by Gasteiger charge is -2.37. The van der Waals surface area contributed by atoms with Crippen LogP contribution in [0.15, 0.2) is 41.7 Å². The van der Waals surface area contributed by atoms with Gasteiger partial charge in [0.2, 0.25) is 14.8 Å². The second-order valence-corrected chi connectivity index (χ2v) is 9.47. The van der Waals surface area contributed by atoms with E-state index in [4.69, 9.17) is 0 Å². The lowest BCUT2D eigenvalue weighted by atomic mass is 9.92. The Balaban J connectivity index is 1.68. The van der Waals surface area contributed by atoms with Crippen molar-refractivity contribution in [3.05, 3.63) is 42.5 Å². The van der Waals surface area contributed by atoms with Crippen molar-refractivity contribution in [3.8, 4) is 0 Å². The van der Waals surface area contributed by atoms with Crippen molar-refractivity contribution in [1.29, 1.82) is 0 Å². The summed E-state index contributed by atoms with van der Waals surface area (Å²) in [5.41, 5.74) is -0.842. The van der Waals surface area contributed by atoms with Gasteiger partial charge in [-0.25, -0.2) is 17.6 Å². The van der Waals surface area contributed by atoms with Crippen LogP contribution in [0.1, 0.15) is 25.5 Å². The van der Waals surface area contributed by atoms with Crippen LogP contribution < -0.4 is 5.32 Å². The van der Waals surface area contributed by atoms with Gasteiger partial charge in [-0.05, 0) is 38.0 Å². The summed E-state index contributed by atoms with van der Waals surface area (Å²) in [7, 11) is -4.62. The summed E-state index contributed by atoms with van der Waals surface area (Å²) >= 11 is 0. The second kappa shape index (κ2) is 8.36. The van der Waals surface area contributed by atoms with Gasteiger partial charge in [0.1, 0.15) is 5.69 Å². The fraction of sp³-hybridized carbons (Fsp3) is 0.444. The monoisotopic (exact) mass is 461 g/mol. The van der Waals surface area contributed by atoms with Crippen molar-refractivity contribution in [3.63, 3.8) is 0 Å². The molecule has 2 amide bonds. The Bertz CT molecular complexity index is 1020. The summed E-state index contributed by atoms with van der Waals surface area (Å²) in [6.45, 7) is 1.10. The number of halogens is 4. The highest BCUT2D eigenvalue weighted by Crippen LogP contribution is 2.39. The summed E-state index contributed by atoms with van der Waals surface area (Å²) in [4.78, 5) is 16.2. The lowest BCUT2D eigenvalue weighted by Crippen LogP contribution is -2.48. The highest BCUT2D eigenvalue weighted by Gasteiger charge is 2.49. The number of carbonyl (C=O) groups excluding carboxylic acids is 1. The number of rotatable bonds is 4. The topological polar surface area (TPSA) is 105 Å². The summed E-state index contributed by atoms with van der Waals surface area (Å²) in [6.07, 6.45) is -1.35. The van der Waals surface area contributed by atoms with E-state index in [2.05, 4.69) is 20.5 Å². The number of sulfone groups is 1. The van der Waals surface area contributed by atoms with E-state index >= 15 is 4.39 Å². The third kappa shape index (κ3) is 4.75. The first-order chi connectivity index (χ1) is 14.4. The van der Waals surface area contributed by atoms with Crippen molar-refractivity contribution < 1.29 is 30.8 Å². The molecule has 13 heteroatoms. The van der Waals surface area contributed by atoms with Crippen molar-refractivity contribution in [2.45, 2.75) is 35.8 Å². The van der Waals surface area contributed by atoms with Gasteiger partial charge in [-0.3, -0.25) is 4.98 Å². The number of carbonyl (C=O) groups is 1. The van der Waals surface area contributed by atoms with Gasteiger partial charge in [0.05, 0.1) is 23.0 Å². The van der Waals surface area contributed by atoms with Crippen LogP contribution in [-0.2, 0) is 16.0 Å². The molecule has 1 N–H and O–H groups in total. The number of urea groups is 1. The number of hydrogen-bond acceptors (Lipinski definition) is 6. The van der Waals surface area contributed by atoms with Crippen LogP contribution in [0.2, 0.25) is 0 Å². The molecule has 0 bridgehead atoms. The standard InChI is InChI=1S/C18H19F4N5O3S/c1-17(19,31(29,30)14-2-3-15(23-11-14)18(20,21)22)12-5-8-27(9-6-12)16(28)26-13-4-7-24-25-10-13/h2-4,7,10-12H,5-6,8-9H2,1H3,(H,24,26,28). The largest absolute Gasteiger partial charge is 0.433 e. The summed E-state index contributed by atoms with van der Waals surface area (Å²) < 4.78 is 79.0. The number of hydrogen-bond donors (Lipinski definition) is 1. The Morgan fingerprint density at radius 3 is 2.29 bits per heavy atom. The lowest BCUT2D eigenvalue weighted by molar-refractivity contribution is -0.141. The zero-order valence-electron chi connectivity index (χ0n) is 16.3. The van der Waals surface area contributed by atoms with Gasteiger partial charge in [-0.1, -0.05) is 0 Å². The number of amides is 2. The molecule has 168 valence electrons. The van der Waals surface area contributed by atoms with Crippen molar-refractivity contribution in [2.75, 3.05) is 18.4 Å². The molecule has 0 radical (unpaired) electrons. The molecule has 31 heavy (non-hydrogen) atoms. The van der Waals surface area contributed by atoms with Crippen molar-refractivity contribution in [1.82, 2.24) is 20.1 Å². The number of alkyl halides is 4. The van der Waals surface area contributed by atoms with E-state index in [9.17, 15) is 26.4 Å². The predicted molar refractivity (Wildman–Crippen MR) is 101 cm³/mol. The predicted octanol–water partition coefficient (Wildman–Crippen LogP) is 3.29. The Hall–Kier alpha value is -2.83. The minimum Gasteiger partial charge on any atom is -0.325 e. The van der Waals surface area contributed by atoms with Crippen LogP contribution in [0.4, 0.5) is 28.0 Å². The van der Waals surface area contributed by atoms with Gasteiger partial charge in [0.15, 0.2) is 0 Å². The fourth-order valence-electron chi connectivity index (χ4n) is 3.32. The number of likely N-dealkylation sites (tertiary alicyclic amines) is 1. The summed E-state index contributed by atoms with van der Waals surface area (Å²) in [5.74, 6) is -0.952. The molecule has 3 rings (SSSR count). The molecule has 1 saturated heterocycles. The second-order valence-electron chi connectivity index (χ2n) is 7.19. The van der Waals surface area contributed by atoms with Crippen LogP contribution >= 0.6 is 0 Å². The van der Waals surface area contributed by atoms with E-state index in [0.29, 0.717) is 24.0 Å². The molecule has 1 fully saturated rings. The molecule has 1 atom stereocenters. The number of anilines is 1. The van der Waals surface area contributed by atoms with E-state index in [0.717, 1.165) is 6.92 Å². The van der Waals surface area contributed by atoms with Crippen LogP contribution in [0.3, 0.4) is 0 Å². The van der Waals surface area contributed by atoms with Crippen LogP contribution in [0.25, 0.3) is 0 Å². The summed E-state index contributed by atoms with van der Waals surface area (Å²) in [6, 6.07) is 2.31. The fourth-order valence-corrected chi connectivity index (χ4v) is 4.90. The van der Waals surface area contributed by atoms with E-state index in [1.807, 2.05) is 0 Å². The zero-order valence-corrected chi connectivity index (χ0v) is 17.1. The van der Waals surface area contributed by atoms with Crippen molar-refractivity contribution >= 4 is 21.6 Å². The first kappa shape index (κ1) is 22.8. The SMILES string of the molecule is CC(F)(C1CCN(C(=O)Nc2ccnnc2)CC1)S(=O)(=O)c1ccc(C(F)(F)F)nc1. The molecule has 1 aliphatic rings. The molecule has 1 aliphatic heterocycles. The molecule has 2 aromatic heterocycles. The normalized spacial score (nSPS) is 17.8. The molecule has 3 heterocycles. The van der Waals surface area contributed by atoms with E-state index in [-0.39, 0.29) is 25.9 Å². The van der Waals surface area contributed by atoms with Crippen molar-refractivity contribution in [2.24, 2.45) is 5.92 Å². The van der Waals surface area contributed by atoms with Gasteiger partial charge in [0, 0.05) is 25.2 Å². The number of piperidine rings is 1. The Labute approximate surface area is 175 Å². The Kier molecular flexibility index (Phi) is 6.16. The average molecular weight is 461 g/mol. The highest BCUT2D eigenvalue weighted by molar-refractivity contribution is 7.92. The van der Waals surface area contributed by atoms with Gasteiger partial charge < -0.3 is 10.2 Å². The third-order valence-electron chi connectivity index (χ3n) is 5.21. The summed E-state index contributed by atoms with van der Waals surface area (Å²) in [5, 5.41) is 7.10. The Morgan fingerprint density at radius 2 is 1.77 bits per heavy atom. The zero-order chi connectivity index (χ0) is 22.9. The van der Waals surface area contributed by atoms with Gasteiger partial charge in [0.25, 0.3) is 0 Å². The molecule has 2 aromatic rings. The van der Waals surface area contributed by atoms with E-state index < -0.39 is 43.6 Å². The van der Waals surface area contributed by atoms with Crippen LogP contribution in [-0.4, -0.2) is 52.6 Å². The maximum absolute atomic E-state index is 15.5. The molecular formula is C18H19F4N5O3S. The van der Waals surface area contributed by atoms with Crippen LogP contribution in [0, 0.1) is 5.92 Å². The first-order valence-corrected chi connectivity index (χ1v) is 10.7. The quantitative estimate of drug-likeness (QED) is 0.701. The first-order valence-electron chi connectivity index (χ1n) is 9.22. The molecule has 0 aromatic carbocycles. The molecule has 1 unspecified atom stereocenters. The minimum atomic E-state index is -4.74. The van der Waals surface area contributed by atoms with E-state index in [1.54, 1.807) is 6.07 Å². The average Bonchev–Trinajstić information content (AvgIpc) is 2.74. The molecular weight excluding hydrogens is 442 g/mol. The third-order valence-corrected chi connectivity index (χ3v) is 7.46. The minimum absolute atomic E-state index is 0.0578. The molecule has 0 aliphatic carbocycles. The Morgan fingerprint density at radius 1 is 1.10 bits per heavy atom. The maximum Gasteiger partial charge on any atom is 0.433 e. The van der Waals surface area contributed by atoms with Gasteiger partial charge in [-0.15, -0.1) is 0 Å². The van der Waals surface area contributed by atoms with Gasteiger partial charge in [-0.2, -0.15) is 23.4 Å². The number of nitrogens with one attached hydrogen (secondary N) is 1. The maximum atomic E-state index is 15.5. The van der Waals surface area contributed by atoms with Gasteiger partial charge >= 0.3 is 12.2 Å². The highest BCUT2D eigenvalue weighted by atomic mass is 32.2. The number of aromatic nitrogens is 3. The number of pyridine rings is 1. The smallest absolute Gasteiger partial charge is 0.325 e. The van der Waals surface area contributed by atoms with Crippen LogP contribution in [0.5, 0.6) is 0 Å². The molecule has 0 spiro atoms. The molecule has 8 nitrogen and oxygen atoms in total. The molecule has 0 saturated carbocycles. The van der Waals surface area contributed by atoms with E-state index in [1.165, 1.54) is 17.3 Å².